The lowest BCUT2D eigenvalue weighted by Crippen LogP contribution is -2.30. The number of methoxy groups -OCH3 is 1. The summed E-state index contributed by atoms with van der Waals surface area (Å²) >= 11 is 0. The highest BCUT2D eigenvalue weighted by molar-refractivity contribution is 5.82. The molecular formula is C12H15FN4O4. The van der Waals surface area contributed by atoms with E-state index in [0.29, 0.717) is 11.0 Å². The van der Waals surface area contributed by atoms with Gasteiger partial charge in [-0.25, -0.2) is 4.39 Å². The molecule has 0 spiro atoms. The van der Waals surface area contributed by atoms with Gasteiger partial charge in [-0.05, 0) is 6.07 Å². The number of anilines is 1. The Morgan fingerprint density at radius 1 is 1.52 bits per heavy atom. The summed E-state index contributed by atoms with van der Waals surface area (Å²) in [6.45, 7) is -0.474. The van der Waals surface area contributed by atoms with Crippen molar-refractivity contribution in [3.05, 3.63) is 12.3 Å². The van der Waals surface area contributed by atoms with Gasteiger partial charge in [0.25, 0.3) is 0 Å². The van der Waals surface area contributed by atoms with Crippen molar-refractivity contribution in [3.8, 4) is 5.88 Å². The van der Waals surface area contributed by atoms with E-state index in [4.69, 9.17) is 20.3 Å². The minimum Gasteiger partial charge on any atom is -0.480 e. The van der Waals surface area contributed by atoms with Gasteiger partial charge in [0.05, 0.1) is 19.1 Å². The van der Waals surface area contributed by atoms with Crippen LogP contribution >= 0.6 is 0 Å². The first-order valence-electron chi connectivity index (χ1n) is 6.33. The Morgan fingerprint density at radius 2 is 2.29 bits per heavy atom. The zero-order valence-corrected chi connectivity index (χ0v) is 11.2. The second kappa shape index (κ2) is 5.10. The molecule has 21 heavy (non-hydrogen) atoms. The Kier molecular flexibility index (Phi) is 3.40. The largest absolute Gasteiger partial charge is 0.480 e. The van der Waals surface area contributed by atoms with Gasteiger partial charge in [0, 0.05) is 6.20 Å². The normalized spacial score (nSPS) is 29.1. The molecule has 4 N–H and O–H groups in total. The molecule has 0 unspecified atom stereocenters. The van der Waals surface area contributed by atoms with Crippen LogP contribution in [-0.2, 0) is 4.74 Å². The van der Waals surface area contributed by atoms with Crippen LogP contribution in [-0.4, -0.2) is 56.8 Å². The van der Waals surface area contributed by atoms with Crippen LogP contribution in [0.5, 0.6) is 5.88 Å². The minimum absolute atomic E-state index is 0.0213. The molecule has 9 heteroatoms. The van der Waals surface area contributed by atoms with Gasteiger partial charge < -0.3 is 30.0 Å². The van der Waals surface area contributed by atoms with Gasteiger partial charge >= 0.3 is 0 Å². The lowest BCUT2D eigenvalue weighted by atomic mass is 10.1. The predicted molar refractivity (Wildman–Crippen MR) is 70.4 cm³/mol. The van der Waals surface area contributed by atoms with Crippen LogP contribution in [0.25, 0.3) is 11.0 Å². The summed E-state index contributed by atoms with van der Waals surface area (Å²) < 4.78 is 26.0. The van der Waals surface area contributed by atoms with E-state index in [1.807, 2.05) is 0 Å². The van der Waals surface area contributed by atoms with Crippen LogP contribution in [0.3, 0.4) is 0 Å². The van der Waals surface area contributed by atoms with E-state index in [0.717, 1.165) is 0 Å². The Hall–Kier alpha value is -1.97. The summed E-state index contributed by atoms with van der Waals surface area (Å²) in [5, 5.41) is 19.3. The van der Waals surface area contributed by atoms with Gasteiger partial charge in [0.15, 0.2) is 18.0 Å². The van der Waals surface area contributed by atoms with Crippen LogP contribution in [0.2, 0.25) is 0 Å². The molecule has 1 fully saturated rings. The Balaban J connectivity index is 2.07. The third-order valence-corrected chi connectivity index (χ3v) is 3.50. The molecule has 0 aromatic carbocycles. The topological polar surface area (TPSA) is 116 Å². The van der Waals surface area contributed by atoms with Gasteiger partial charge in [-0.3, -0.25) is 0 Å². The van der Waals surface area contributed by atoms with Crippen molar-refractivity contribution in [1.29, 1.82) is 0 Å². The van der Waals surface area contributed by atoms with E-state index < -0.39 is 31.2 Å². The molecule has 2 aromatic heterocycles. The molecule has 4 atom stereocenters. The number of fused-ring (bicyclic) bond motifs is 1. The summed E-state index contributed by atoms with van der Waals surface area (Å²) in [5.74, 6) is 0.246. The Morgan fingerprint density at radius 3 is 2.90 bits per heavy atom. The third kappa shape index (κ3) is 2.09. The molecule has 114 valence electrons. The number of ether oxygens (including phenoxy) is 2. The number of aliphatic hydroxyl groups excluding tert-OH is 2. The van der Waals surface area contributed by atoms with Gasteiger partial charge in [-0.1, -0.05) is 0 Å². The first-order chi connectivity index (χ1) is 10.1. The highest BCUT2D eigenvalue weighted by Crippen LogP contribution is 2.35. The van der Waals surface area contributed by atoms with Crippen molar-refractivity contribution < 1.29 is 24.1 Å². The number of hydrogen-bond donors (Lipinski definition) is 3. The lowest BCUT2D eigenvalue weighted by molar-refractivity contribution is -0.0457. The molecule has 0 saturated carbocycles. The van der Waals surface area contributed by atoms with Crippen molar-refractivity contribution in [3.63, 3.8) is 0 Å². The number of nitrogens with zero attached hydrogens (tertiary/aromatic N) is 3. The second-order valence-electron chi connectivity index (χ2n) is 4.73. The SMILES string of the molecule is COc1nc(N)nc2c1ccn2[C@@H]1O[C@H](CO)[C@@H](O)[C@@H]1F. The monoisotopic (exact) mass is 298 g/mol. The van der Waals surface area contributed by atoms with E-state index in [9.17, 15) is 9.50 Å². The van der Waals surface area contributed by atoms with Crippen LogP contribution in [0.1, 0.15) is 6.23 Å². The number of aromatic nitrogens is 3. The van der Waals surface area contributed by atoms with E-state index in [1.165, 1.54) is 11.7 Å². The first kappa shape index (κ1) is 14.0. The van der Waals surface area contributed by atoms with Crippen molar-refractivity contribution in [2.75, 3.05) is 19.5 Å². The molecule has 8 nitrogen and oxygen atoms in total. The number of aliphatic hydroxyl groups is 2. The number of hydrogen-bond acceptors (Lipinski definition) is 7. The van der Waals surface area contributed by atoms with Crippen LogP contribution in [0.4, 0.5) is 10.3 Å². The zero-order valence-electron chi connectivity index (χ0n) is 11.2. The van der Waals surface area contributed by atoms with E-state index in [2.05, 4.69) is 9.97 Å². The van der Waals surface area contributed by atoms with Crippen molar-refractivity contribution in [2.45, 2.75) is 24.6 Å². The second-order valence-corrected chi connectivity index (χ2v) is 4.73. The fourth-order valence-corrected chi connectivity index (χ4v) is 2.46. The number of rotatable bonds is 3. The quantitative estimate of drug-likeness (QED) is 0.706. The molecular weight excluding hydrogens is 283 g/mol. The summed E-state index contributed by atoms with van der Waals surface area (Å²) in [6.07, 6.45) is -3.64. The summed E-state index contributed by atoms with van der Waals surface area (Å²) in [5.41, 5.74) is 5.93. The van der Waals surface area contributed by atoms with Crippen LogP contribution < -0.4 is 10.5 Å². The molecule has 3 rings (SSSR count). The molecule has 0 bridgehead atoms. The van der Waals surface area contributed by atoms with Crippen molar-refractivity contribution >= 4 is 17.0 Å². The van der Waals surface area contributed by atoms with Gasteiger partial charge in [-0.15, -0.1) is 0 Å². The number of nitrogen functional groups attached to an aromatic ring is 1. The molecule has 0 radical (unpaired) electrons. The van der Waals surface area contributed by atoms with Crippen LogP contribution in [0, 0.1) is 0 Å². The zero-order chi connectivity index (χ0) is 15.1. The molecule has 1 saturated heterocycles. The van der Waals surface area contributed by atoms with E-state index in [-0.39, 0.29) is 11.8 Å². The maximum absolute atomic E-state index is 14.2. The molecule has 2 aromatic rings. The molecule has 3 heterocycles. The summed E-state index contributed by atoms with van der Waals surface area (Å²) in [6, 6.07) is 1.64. The fraction of sp³-hybridized carbons (Fsp3) is 0.500. The van der Waals surface area contributed by atoms with Gasteiger partial charge in [0.2, 0.25) is 11.8 Å². The summed E-state index contributed by atoms with van der Waals surface area (Å²) in [4.78, 5) is 7.99. The minimum atomic E-state index is -1.69. The number of halogens is 1. The van der Waals surface area contributed by atoms with Crippen molar-refractivity contribution in [2.24, 2.45) is 0 Å². The average Bonchev–Trinajstić information content (AvgIpc) is 3.01. The molecule has 1 aliphatic heterocycles. The lowest BCUT2D eigenvalue weighted by Gasteiger charge is -2.16. The Bertz CT molecular complexity index is 664. The highest BCUT2D eigenvalue weighted by Gasteiger charge is 2.45. The number of nitrogens with two attached hydrogens (primary N) is 1. The number of alkyl halides is 1. The summed E-state index contributed by atoms with van der Waals surface area (Å²) in [7, 11) is 1.44. The maximum atomic E-state index is 14.2. The molecule has 0 amide bonds. The molecule has 0 aliphatic carbocycles. The standard InChI is InChI=1S/C12H15FN4O4/c1-20-10-5-2-3-17(9(5)15-12(14)16-10)11-7(13)8(19)6(4-18)21-11/h2-3,6-8,11,18-19H,4H2,1H3,(H2,14,15,16)/t6-,7+,8-,11-/m1/s1. The van der Waals surface area contributed by atoms with Crippen molar-refractivity contribution in [1.82, 2.24) is 14.5 Å². The highest BCUT2D eigenvalue weighted by atomic mass is 19.1. The third-order valence-electron chi connectivity index (χ3n) is 3.50. The average molecular weight is 298 g/mol. The van der Waals surface area contributed by atoms with Gasteiger partial charge in [0.1, 0.15) is 12.2 Å². The van der Waals surface area contributed by atoms with Crippen LogP contribution in [0.15, 0.2) is 12.3 Å². The van der Waals surface area contributed by atoms with E-state index in [1.54, 1.807) is 12.3 Å². The predicted octanol–water partition coefficient (Wildman–Crippen LogP) is -0.389. The molecule has 1 aliphatic rings. The van der Waals surface area contributed by atoms with E-state index >= 15 is 0 Å². The fourth-order valence-electron chi connectivity index (χ4n) is 2.46. The first-order valence-corrected chi connectivity index (χ1v) is 6.33. The maximum Gasteiger partial charge on any atom is 0.227 e. The van der Waals surface area contributed by atoms with Gasteiger partial charge in [-0.2, -0.15) is 9.97 Å². The smallest absolute Gasteiger partial charge is 0.227 e. The Labute approximate surface area is 118 Å².